The van der Waals surface area contributed by atoms with Crippen molar-refractivity contribution < 1.29 is 4.79 Å². The van der Waals surface area contributed by atoms with E-state index >= 15 is 0 Å². The molecular weight excluding hydrogens is 397 g/mol. The fourth-order valence-electron chi connectivity index (χ4n) is 2.39. The molecule has 128 valence electrons. The summed E-state index contributed by atoms with van der Waals surface area (Å²) in [5.74, 6) is -0.432. The first-order valence-corrected chi connectivity index (χ1v) is 9.27. The number of hydrogen-bond donors (Lipinski definition) is 2. The number of amides is 1. The number of halogens is 2. The van der Waals surface area contributed by atoms with E-state index in [1.165, 1.54) is 23.0 Å². The number of carbonyl (C=O) groups excluding carboxylic acids is 1. The molecule has 0 fully saturated rings. The molecule has 0 aliphatic rings. The molecule has 4 nitrogen and oxygen atoms in total. The summed E-state index contributed by atoms with van der Waals surface area (Å²) in [6, 6.07) is 8.81. The van der Waals surface area contributed by atoms with Gasteiger partial charge < -0.3 is 5.32 Å². The van der Waals surface area contributed by atoms with Crippen molar-refractivity contribution >= 4 is 73.1 Å². The summed E-state index contributed by atoms with van der Waals surface area (Å²) in [5, 5.41) is 7.02. The Hall–Kier alpha value is -1.73. The van der Waals surface area contributed by atoms with Gasteiger partial charge in [-0.15, -0.1) is 0 Å². The highest BCUT2D eigenvalue weighted by Gasteiger charge is 2.14. The second kappa shape index (κ2) is 7.25. The molecule has 1 heterocycles. The van der Waals surface area contributed by atoms with Crippen LogP contribution in [0, 0.1) is 13.8 Å². The van der Waals surface area contributed by atoms with Gasteiger partial charge in [0, 0.05) is 5.02 Å². The number of hydrogen-bond acceptors (Lipinski definition) is 4. The molecule has 0 saturated carbocycles. The number of aromatic nitrogens is 1. The minimum atomic E-state index is -0.432. The van der Waals surface area contributed by atoms with Crippen LogP contribution in [0.4, 0.5) is 5.13 Å². The zero-order valence-electron chi connectivity index (χ0n) is 13.3. The number of fused-ring (bicyclic) bond motifs is 1. The summed E-state index contributed by atoms with van der Waals surface area (Å²) in [6.07, 6.45) is 0. The van der Waals surface area contributed by atoms with E-state index in [-0.39, 0.29) is 10.7 Å². The molecule has 3 aromatic rings. The molecule has 1 amide bonds. The number of benzene rings is 2. The molecule has 1 aromatic heterocycles. The first-order valence-electron chi connectivity index (χ1n) is 7.28. The lowest BCUT2D eigenvalue weighted by atomic mass is 10.1. The topological polar surface area (TPSA) is 54.0 Å². The minimum absolute atomic E-state index is 0.148. The summed E-state index contributed by atoms with van der Waals surface area (Å²) in [5.41, 5.74) is 3.45. The van der Waals surface area contributed by atoms with Crippen molar-refractivity contribution in [1.82, 2.24) is 10.3 Å². The molecule has 0 unspecified atom stereocenters. The predicted octanol–water partition coefficient (Wildman–Crippen LogP) is 5.35. The number of carbonyl (C=O) groups is 1. The van der Waals surface area contributed by atoms with Gasteiger partial charge in [-0.05, 0) is 61.5 Å². The van der Waals surface area contributed by atoms with E-state index < -0.39 is 5.91 Å². The average molecular weight is 410 g/mol. The molecule has 25 heavy (non-hydrogen) atoms. The highest BCUT2D eigenvalue weighted by molar-refractivity contribution is 7.80. The van der Waals surface area contributed by atoms with Gasteiger partial charge in [0.2, 0.25) is 0 Å². The molecule has 0 spiro atoms. The van der Waals surface area contributed by atoms with Crippen molar-refractivity contribution in [3.05, 3.63) is 57.1 Å². The normalized spacial score (nSPS) is 10.7. The Kier molecular flexibility index (Phi) is 5.24. The Morgan fingerprint density at radius 1 is 1.20 bits per heavy atom. The molecule has 2 aromatic carbocycles. The van der Waals surface area contributed by atoms with Crippen molar-refractivity contribution in [2.45, 2.75) is 13.8 Å². The van der Waals surface area contributed by atoms with Gasteiger partial charge in [-0.2, -0.15) is 0 Å². The third-order valence-corrected chi connectivity index (χ3v) is 5.14. The maximum Gasteiger partial charge on any atom is 0.258 e. The van der Waals surface area contributed by atoms with Crippen molar-refractivity contribution in [2.24, 2.45) is 0 Å². The van der Waals surface area contributed by atoms with Crippen LogP contribution in [0.1, 0.15) is 21.5 Å². The molecule has 0 radical (unpaired) electrons. The fraction of sp³-hybridized carbons (Fsp3) is 0.118. The molecule has 0 atom stereocenters. The van der Waals surface area contributed by atoms with E-state index in [1.807, 2.05) is 13.8 Å². The van der Waals surface area contributed by atoms with Crippen LogP contribution < -0.4 is 10.6 Å². The standard InChI is InChI=1S/C17H13Cl2N3OS2/c1-8-5-9(2)14-13(6-8)25-17(20-14)22-16(24)21-15(23)11-7-10(18)3-4-12(11)19/h3-7H,1-2H3,(H2,20,21,22,23,24). The smallest absolute Gasteiger partial charge is 0.258 e. The highest BCUT2D eigenvalue weighted by Crippen LogP contribution is 2.29. The number of thiazole rings is 1. The number of anilines is 1. The lowest BCUT2D eigenvalue weighted by Crippen LogP contribution is -2.34. The summed E-state index contributed by atoms with van der Waals surface area (Å²) in [7, 11) is 0. The van der Waals surface area contributed by atoms with Crippen LogP contribution >= 0.6 is 46.8 Å². The number of aryl methyl sites for hydroxylation is 2. The maximum absolute atomic E-state index is 12.3. The van der Waals surface area contributed by atoms with Gasteiger partial charge in [0.1, 0.15) is 0 Å². The van der Waals surface area contributed by atoms with E-state index in [0.29, 0.717) is 15.2 Å². The van der Waals surface area contributed by atoms with Crippen molar-refractivity contribution in [1.29, 1.82) is 0 Å². The van der Waals surface area contributed by atoms with E-state index in [1.54, 1.807) is 12.1 Å². The van der Waals surface area contributed by atoms with Crippen LogP contribution in [-0.2, 0) is 0 Å². The third-order valence-electron chi connectivity index (χ3n) is 3.45. The van der Waals surface area contributed by atoms with Crippen LogP contribution in [0.3, 0.4) is 0 Å². The van der Waals surface area contributed by atoms with Crippen LogP contribution in [-0.4, -0.2) is 16.0 Å². The molecule has 8 heteroatoms. The van der Waals surface area contributed by atoms with Gasteiger partial charge in [0.05, 0.1) is 20.8 Å². The molecule has 0 aliphatic carbocycles. The molecule has 3 rings (SSSR count). The molecule has 0 saturated heterocycles. The molecule has 0 bridgehead atoms. The van der Waals surface area contributed by atoms with Crippen LogP contribution in [0.5, 0.6) is 0 Å². The molecular formula is C17H13Cl2N3OS2. The monoisotopic (exact) mass is 409 g/mol. The average Bonchev–Trinajstić information content (AvgIpc) is 2.91. The van der Waals surface area contributed by atoms with E-state index in [9.17, 15) is 4.79 Å². The largest absolute Gasteiger partial charge is 0.308 e. The summed E-state index contributed by atoms with van der Waals surface area (Å²) in [4.78, 5) is 16.8. The Labute approximate surface area is 164 Å². The Morgan fingerprint density at radius 2 is 1.96 bits per heavy atom. The third kappa shape index (κ3) is 4.10. The first kappa shape index (κ1) is 18.1. The number of nitrogens with zero attached hydrogens (tertiary/aromatic N) is 1. The summed E-state index contributed by atoms with van der Waals surface area (Å²) >= 11 is 18.6. The van der Waals surface area contributed by atoms with Gasteiger partial charge in [-0.1, -0.05) is 40.6 Å². The molecule has 0 aliphatic heterocycles. The van der Waals surface area contributed by atoms with Crippen molar-refractivity contribution in [3.63, 3.8) is 0 Å². The second-order valence-electron chi connectivity index (χ2n) is 5.48. The predicted molar refractivity (Wildman–Crippen MR) is 109 cm³/mol. The van der Waals surface area contributed by atoms with E-state index in [4.69, 9.17) is 35.4 Å². The Bertz CT molecular complexity index is 1000. The van der Waals surface area contributed by atoms with Gasteiger partial charge in [-0.3, -0.25) is 10.1 Å². The Balaban J connectivity index is 1.75. The van der Waals surface area contributed by atoms with Crippen molar-refractivity contribution in [3.8, 4) is 0 Å². The van der Waals surface area contributed by atoms with Crippen LogP contribution in [0.25, 0.3) is 10.2 Å². The number of thiocarbonyl (C=S) groups is 1. The SMILES string of the molecule is Cc1cc(C)c2nc(NC(=S)NC(=O)c3cc(Cl)ccc3Cl)sc2c1. The number of rotatable bonds is 2. The Morgan fingerprint density at radius 3 is 2.72 bits per heavy atom. The quantitative estimate of drug-likeness (QED) is 0.560. The summed E-state index contributed by atoms with van der Waals surface area (Å²) < 4.78 is 1.06. The van der Waals surface area contributed by atoms with Gasteiger partial charge in [0.15, 0.2) is 10.2 Å². The highest BCUT2D eigenvalue weighted by atomic mass is 35.5. The van der Waals surface area contributed by atoms with Crippen LogP contribution in [0.15, 0.2) is 30.3 Å². The molecule has 2 N–H and O–H groups in total. The minimum Gasteiger partial charge on any atom is -0.308 e. The van der Waals surface area contributed by atoms with E-state index in [0.717, 1.165) is 15.8 Å². The summed E-state index contributed by atoms with van der Waals surface area (Å²) in [6.45, 7) is 4.05. The van der Waals surface area contributed by atoms with Gasteiger partial charge >= 0.3 is 0 Å². The maximum atomic E-state index is 12.3. The fourth-order valence-corrected chi connectivity index (χ4v) is 4.07. The first-order chi connectivity index (χ1) is 11.8. The zero-order chi connectivity index (χ0) is 18.1. The van der Waals surface area contributed by atoms with Gasteiger partial charge in [0.25, 0.3) is 5.91 Å². The lowest BCUT2D eigenvalue weighted by molar-refractivity contribution is 0.0978. The second-order valence-corrected chi connectivity index (χ2v) is 7.76. The number of nitrogens with one attached hydrogen (secondary N) is 2. The lowest BCUT2D eigenvalue weighted by Gasteiger charge is -2.08. The van der Waals surface area contributed by atoms with Gasteiger partial charge in [-0.25, -0.2) is 4.98 Å². The zero-order valence-corrected chi connectivity index (χ0v) is 16.5. The van der Waals surface area contributed by atoms with Crippen molar-refractivity contribution in [2.75, 3.05) is 5.32 Å². The van der Waals surface area contributed by atoms with Crippen LogP contribution in [0.2, 0.25) is 10.0 Å². The van der Waals surface area contributed by atoms with E-state index in [2.05, 4.69) is 27.8 Å².